The molecule has 1 heterocycles. The summed E-state index contributed by atoms with van der Waals surface area (Å²) in [6.07, 6.45) is -1.82. The lowest BCUT2D eigenvalue weighted by molar-refractivity contribution is 0.143. The molecule has 1 rings (SSSR count). The number of alkyl halides is 3. The number of rotatable bonds is 3. The average Bonchev–Trinajstić information content (AvgIpc) is 2.16. The Morgan fingerprint density at radius 2 is 2.21 bits per heavy atom. The Kier molecular flexibility index (Phi) is 3.74. The van der Waals surface area contributed by atoms with Crippen molar-refractivity contribution < 1.29 is 17.9 Å². The van der Waals surface area contributed by atoms with Gasteiger partial charge in [-0.05, 0) is 0 Å². The predicted molar refractivity (Wildman–Crippen MR) is 48.3 cm³/mol. The molecule has 6 heteroatoms. The van der Waals surface area contributed by atoms with Crippen LogP contribution in [0.2, 0.25) is 0 Å². The number of hydrogen-bond acceptors (Lipinski definition) is 2. The molecule has 14 heavy (non-hydrogen) atoms. The summed E-state index contributed by atoms with van der Waals surface area (Å²) in [6.45, 7) is 0. The van der Waals surface area contributed by atoms with Gasteiger partial charge in [-0.1, -0.05) is 15.9 Å². The average molecular weight is 270 g/mol. The number of ether oxygens (including phenoxy) is 1. The highest BCUT2D eigenvalue weighted by Crippen LogP contribution is 2.30. The topological polar surface area (TPSA) is 22.1 Å². The van der Waals surface area contributed by atoms with Gasteiger partial charge in [0, 0.05) is 5.33 Å². The van der Waals surface area contributed by atoms with Crippen LogP contribution in [0.1, 0.15) is 17.7 Å². The second kappa shape index (κ2) is 4.63. The predicted octanol–water partition coefficient (Wildman–Crippen LogP) is 3.06. The van der Waals surface area contributed by atoms with Crippen LogP contribution in [0, 0.1) is 5.82 Å². The van der Waals surface area contributed by atoms with Gasteiger partial charge in [0.1, 0.15) is 0 Å². The van der Waals surface area contributed by atoms with Gasteiger partial charge in [-0.2, -0.15) is 0 Å². The van der Waals surface area contributed by atoms with E-state index < -0.39 is 17.8 Å². The van der Waals surface area contributed by atoms with Gasteiger partial charge in [-0.3, -0.25) is 4.98 Å². The van der Waals surface area contributed by atoms with Crippen LogP contribution in [-0.4, -0.2) is 12.1 Å². The van der Waals surface area contributed by atoms with Crippen molar-refractivity contribution in [1.82, 2.24) is 4.98 Å². The Morgan fingerprint density at radius 3 is 2.64 bits per heavy atom. The number of methoxy groups -OCH3 is 1. The van der Waals surface area contributed by atoms with Crippen molar-refractivity contribution in [3.05, 3.63) is 23.3 Å². The molecule has 0 saturated heterocycles. The van der Waals surface area contributed by atoms with Crippen LogP contribution in [0.15, 0.2) is 6.20 Å². The Labute approximate surface area is 87.2 Å². The summed E-state index contributed by atoms with van der Waals surface area (Å²) in [5.41, 5.74) is -0.723. The van der Waals surface area contributed by atoms with E-state index in [1.165, 1.54) is 7.11 Å². The van der Waals surface area contributed by atoms with Gasteiger partial charge in [-0.15, -0.1) is 0 Å². The van der Waals surface area contributed by atoms with Crippen molar-refractivity contribution >= 4 is 15.9 Å². The zero-order valence-electron chi connectivity index (χ0n) is 7.23. The molecule has 0 fully saturated rings. The van der Waals surface area contributed by atoms with E-state index in [9.17, 15) is 13.2 Å². The van der Waals surface area contributed by atoms with Gasteiger partial charge in [-0.25, -0.2) is 13.2 Å². The molecule has 0 saturated carbocycles. The fourth-order valence-corrected chi connectivity index (χ4v) is 1.44. The quantitative estimate of drug-likeness (QED) is 0.787. The van der Waals surface area contributed by atoms with Gasteiger partial charge in [0.05, 0.1) is 24.6 Å². The number of halogens is 4. The highest BCUT2D eigenvalue weighted by atomic mass is 79.9. The van der Waals surface area contributed by atoms with E-state index in [4.69, 9.17) is 0 Å². The first-order chi connectivity index (χ1) is 6.61. The standard InChI is InChI=1S/C8H7BrF3NO/c1-14-5-3-13-4(2-9)6(7(5)10)8(11)12/h3,8H,2H2,1H3. The van der Waals surface area contributed by atoms with E-state index in [-0.39, 0.29) is 16.8 Å². The van der Waals surface area contributed by atoms with Crippen LogP contribution in [0.4, 0.5) is 13.2 Å². The molecule has 0 amide bonds. The van der Waals surface area contributed by atoms with E-state index in [1.54, 1.807) is 0 Å². The molecular formula is C8H7BrF3NO. The van der Waals surface area contributed by atoms with Crippen LogP contribution in [0.3, 0.4) is 0 Å². The zero-order valence-corrected chi connectivity index (χ0v) is 8.82. The van der Waals surface area contributed by atoms with Crippen LogP contribution in [0.5, 0.6) is 5.75 Å². The summed E-state index contributed by atoms with van der Waals surface area (Å²) in [7, 11) is 1.20. The lowest BCUT2D eigenvalue weighted by atomic mass is 10.2. The highest BCUT2D eigenvalue weighted by Gasteiger charge is 2.22. The third-order valence-corrected chi connectivity index (χ3v) is 2.20. The van der Waals surface area contributed by atoms with Crippen molar-refractivity contribution in [3.63, 3.8) is 0 Å². The monoisotopic (exact) mass is 269 g/mol. The number of pyridine rings is 1. The molecule has 0 aliphatic carbocycles. The summed E-state index contributed by atoms with van der Waals surface area (Å²) in [5, 5.41) is 0.0770. The molecule has 0 unspecified atom stereocenters. The van der Waals surface area contributed by atoms with Gasteiger partial charge >= 0.3 is 0 Å². The maximum Gasteiger partial charge on any atom is 0.268 e. The second-order valence-electron chi connectivity index (χ2n) is 2.44. The third kappa shape index (κ3) is 2.00. The first-order valence-corrected chi connectivity index (χ1v) is 4.79. The largest absolute Gasteiger partial charge is 0.492 e. The van der Waals surface area contributed by atoms with Crippen LogP contribution in [0.25, 0.3) is 0 Å². The number of hydrogen-bond donors (Lipinski definition) is 0. The maximum absolute atomic E-state index is 13.3. The first kappa shape index (κ1) is 11.3. The Morgan fingerprint density at radius 1 is 1.57 bits per heavy atom. The molecule has 1 aromatic heterocycles. The molecule has 0 bridgehead atoms. The lowest BCUT2D eigenvalue weighted by Gasteiger charge is -2.09. The molecule has 2 nitrogen and oxygen atoms in total. The molecule has 0 aromatic carbocycles. The SMILES string of the molecule is COc1cnc(CBr)c(C(F)F)c1F. The molecule has 78 valence electrons. The van der Waals surface area contributed by atoms with E-state index in [0.717, 1.165) is 6.20 Å². The van der Waals surface area contributed by atoms with Gasteiger partial charge in [0.15, 0.2) is 11.6 Å². The van der Waals surface area contributed by atoms with Crippen molar-refractivity contribution in [3.8, 4) is 5.75 Å². The van der Waals surface area contributed by atoms with Gasteiger partial charge < -0.3 is 4.74 Å². The molecule has 0 spiro atoms. The van der Waals surface area contributed by atoms with E-state index in [2.05, 4.69) is 25.7 Å². The summed E-state index contributed by atoms with van der Waals surface area (Å²) in [4.78, 5) is 3.66. The Balaban J connectivity index is 3.31. The Hall–Kier alpha value is -0.780. The molecule has 0 atom stereocenters. The molecule has 0 N–H and O–H groups in total. The third-order valence-electron chi connectivity index (χ3n) is 1.67. The van der Waals surface area contributed by atoms with Crippen molar-refractivity contribution in [2.45, 2.75) is 11.8 Å². The lowest BCUT2D eigenvalue weighted by Crippen LogP contribution is -2.02. The maximum atomic E-state index is 13.3. The number of nitrogens with zero attached hydrogens (tertiary/aromatic N) is 1. The smallest absolute Gasteiger partial charge is 0.268 e. The fraction of sp³-hybridized carbons (Fsp3) is 0.375. The molecular weight excluding hydrogens is 263 g/mol. The van der Waals surface area contributed by atoms with E-state index in [1.807, 2.05) is 0 Å². The van der Waals surface area contributed by atoms with E-state index >= 15 is 0 Å². The van der Waals surface area contributed by atoms with E-state index in [0.29, 0.717) is 0 Å². The van der Waals surface area contributed by atoms with Crippen LogP contribution < -0.4 is 4.74 Å². The molecule has 0 aliphatic heterocycles. The molecule has 0 aliphatic rings. The molecule has 1 aromatic rings. The van der Waals surface area contributed by atoms with Crippen molar-refractivity contribution in [2.24, 2.45) is 0 Å². The zero-order chi connectivity index (χ0) is 10.7. The van der Waals surface area contributed by atoms with Crippen molar-refractivity contribution in [2.75, 3.05) is 7.11 Å². The summed E-state index contributed by atoms with van der Waals surface area (Å²) < 4.78 is 42.7. The molecule has 0 radical (unpaired) electrons. The van der Waals surface area contributed by atoms with Crippen LogP contribution >= 0.6 is 15.9 Å². The normalized spacial score (nSPS) is 10.7. The number of aromatic nitrogens is 1. The summed E-state index contributed by atoms with van der Waals surface area (Å²) in [5.74, 6) is -1.32. The first-order valence-electron chi connectivity index (χ1n) is 3.67. The fourth-order valence-electron chi connectivity index (χ4n) is 0.993. The summed E-state index contributed by atoms with van der Waals surface area (Å²) >= 11 is 2.95. The minimum atomic E-state index is -2.90. The minimum absolute atomic E-state index is 0.0155. The summed E-state index contributed by atoms with van der Waals surface area (Å²) in [6, 6.07) is 0. The minimum Gasteiger partial charge on any atom is -0.492 e. The van der Waals surface area contributed by atoms with Crippen molar-refractivity contribution in [1.29, 1.82) is 0 Å². The van der Waals surface area contributed by atoms with Gasteiger partial charge in [0.25, 0.3) is 6.43 Å². The Bertz CT molecular complexity index is 333. The highest BCUT2D eigenvalue weighted by molar-refractivity contribution is 9.08. The second-order valence-corrected chi connectivity index (χ2v) is 3.00. The van der Waals surface area contributed by atoms with Gasteiger partial charge in [0.2, 0.25) is 0 Å². The van der Waals surface area contributed by atoms with Crippen LogP contribution in [-0.2, 0) is 5.33 Å².